The van der Waals surface area contributed by atoms with Gasteiger partial charge in [-0.05, 0) is 31.6 Å². The highest BCUT2D eigenvalue weighted by Gasteiger charge is 2.33. The Labute approximate surface area is 97.1 Å². The molecular formula is C11H13F3N2O. The van der Waals surface area contributed by atoms with Crippen LogP contribution in [0.1, 0.15) is 23.7 Å². The van der Waals surface area contributed by atoms with Crippen LogP contribution in [0.5, 0.6) is 0 Å². The Morgan fingerprint density at radius 2 is 2.12 bits per heavy atom. The molecule has 0 saturated heterocycles. The van der Waals surface area contributed by atoms with Crippen molar-refractivity contribution in [3.63, 3.8) is 0 Å². The maximum absolute atomic E-state index is 12.4. The van der Waals surface area contributed by atoms with Gasteiger partial charge in [0.05, 0.1) is 12.9 Å². The summed E-state index contributed by atoms with van der Waals surface area (Å²) in [6.07, 6.45) is -1.60. The Balaban J connectivity index is 3.11. The number of aromatic nitrogens is 1. The second kappa shape index (κ2) is 5.07. The fourth-order valence-corrected chi connectivity index (χ4v) is 1.28. The molecule has 0 atom stereocenters. The highest BCUT2D eigenvalue weighted by Crippen LogP contribution is 2.30. The van der Waals surface area contributed by atoms with E-state index in [0.29, 0.717) is 17.7 Å². The second-order valence-electron chi connectivity index (χ2n) is 3.38. The van der Waals surface area contributed by atoms with Gasteiger partial charge in [0.25, 0.3) is 0 Å². The van der Waals surface area contributed by atoms with Crippen molar-refractivity contribution in [2.75, 3.05) is 12.3 Å². The first kappa shape index (κ1) is 13.3. The lowest BCUT2D eigenvalue weighted by Gasteiger charge is -2.10. The van der Waals surface area contributed by atoms with Crippen molar-refractivity contribution in [1.82, 2.24) is 4.98 Å². The maximum Gasteiger partial charge on any atom is 0.433 e. The molecule has 0 spiro atoms. The van der Waals surface area contributed by atoms with E-state index < -0.39 is 11.9 Å². The normalized spacial score (nSPS) is 12.1. The first-order valence-electron chi connectivity index (χ1n) is 4.98. The zero-order valence-electron chi connectivity index (χ0n) is 9.51. The average Bonchev–Trinajstić information content (AvgIpc) is 2.20. The van der Waals surface area contributed by atoms with Crippen LogP contribution in [0.3, 0.4) is 0 Å². The van der Waals surface area contributed by atoms with Crippen LogP contribution in [0.15, 0.2) is 12.3 Å². The van der Waals surface area contributed by atoms with E-state index in [1.807, 2.05) is 0 Å². The molecule has 0 saturated carbocycles. The lowest BCUT2D eigenvalue weighted by molar-refractivity contribution is -0.141. The molecule has 94 valence electrons. The summed E-state index contributed by atoms with van der Waals surface area (Å²) < 4.78 is 42.2. The quantitative estimate of drug-likeness (QED) is 0.834. The van der Waals surface area contributed by atoms with E-state index in [-0.39, 0.29) is 5.82 Å². The van der Waals surface area contributed by atoms with Crippen LogP contribution in [0.2, 0.25) is 0 Å². The Bertz CT molecular complexity index is 404. The summed E-state index contributed by atoms with van der Waals surface area (Å²) >= 11 is 0. The summed E-state index contributed by atoms with van der Waals surface area (Å²) in [6, 6.07) is 0.960. The van der Waals surface area contributed by atoms with E-state index in [0.717, 1.165) is 6.07 Å². The molecule has 0 aliphatic rings. The number of hydrogen-bond donors (Lipinski definition) is 1. The third-order valence-corrected chi connectivity index (χ3v) is 2.08. The van der Waals surface area contributed by atoms with Gasteiger partial charge in [0, 0.05) is 5.56 Å². The minimum atomic E-state index is -4.49. The van der Waals surface area contributed by atoms with E-state index in [1.165, 1.54) is 12.3 Å². The van der Waals surface area contributed by atoms with Gasteiger partial charge in [-0.2, -0.15) is 13.2 Å². The van der Waals surface area contributed by atoms with Crippen LogP contribution in [0.4, 0.5) is 19.0 Å². The summed E-state index contributed by atoms with van der Waals surface area (Å²) in [5.41, 5.74) is 5.34. The number of alkyl halides is 3. The van der Waals surface area contributed by atoms with E-state index in [2.05, 4.69) is 4.98 Å². The minimum Gasteiger partial charge on any atom is -0.501 e. The van der Waals surface area contributed by atoms with Crippen LogP contribution in [0, 0.1) is 6.92 Å². The molecule has 17 heavy (non-hydrogen) atoms. The van der Waals surface area contributed by atoms with Crippen molar-refractivity contribution in [2.45, 2.75) is 20.0 Å². The molecule has 0 aromatic carbocycles. The van der Waals surface area contributed by atoms with Crippen LogP contribution in [-0.4, -0.2) is 11.6 Å². The van der Waals surface area contributed by atoms with Gasteiger partial charge in [-0.25, -0.2) is 4.98 Å². The van der Waals surface area contributed by atoms with Crippen molar-refractivity contribution in [2.24, 2.45) is 0 Å². The molecule has 0 radical (unpaired) electrons. The number of anilines is 1. The zero-order chi connectivity index (χ0) is 13.1. The SMILES string of the molecule is CCOC=Cc1c(C)cc(C(F)(F)F)nc1N. The summed E-state index contributed by atoms with van der Waals surface area (Å²) in [6.45, 7) is 3.81. The molecule has 0 fully saturated rings. The fourth-order valence-electron chi connectivity index (χ4n) is 1.28. The molecule has 1 heterocycles. The first-order chi connectivity index (χ1) is 7.86. The van der Waals surface area contributed by atoms with E-state index in [4.69, 9.17) is 10.5 Å². The third-order valence-electron chi connectivity index (χ3n) is 2.08. The molecule has 0 aliphatic carbocycles. The van der Waals surface area contributed by atoms with E-state index in [1.54, 1.807) is 13.8 Å². The number of aryl methyl sites for hydroxylation is 1. The second-order valence-corrected chi connectivity index (χ2v) is 3.38. The van der Waals surface area contributed by atoms with Crippen molar-refractivity contribution in [1.29, 1.82) is 0 Å². The van der Waals surface area contributed by atoms with Gasteiger partial charge in [0.1, 0.15) is 11.5 Å². The number of ether oxygens (including phenoxy) is 1. The van der Waals surface area contributed by atoms with Gasteiger partial charge in [0.15, 0.2) is 0 Å². The lowest BCUT2D eigenvalue weighted by atomic mass is 10.1. The van der Waals surface area contributed by atoms with E-state index >= 15 is 0 Å². The first-order valence-corrected chi connectivity index (χ1v) is 4.98. The van der Waals surface area contributed by atoms with Gasteiger partial charge in [-0.1, -0.05) is 0 Å². The Morgan fingerprint density at radius 1 is 1.47 bits per heavy atom. The molecule has 3 nitrogen and oxygen atoms in total. The predicted octanol–water partition coefficient (Wildman–Crippen LogP) is 3.00. The number of nitrogen functional groups attached to an aromatic ring is 1. The van der Waals surface area contributed by atoms with Gasteiger partial charge < -0.3 is 10.5 Å². The van der Waals surface area contributed by atoms with Crippen molar-refractivity contribution >= 4 is 11.9 Å². The Kier molecular flexibility index (Phi) is 3.98. The van der Waals surface area contributed by atoms with Crippen LogP contribution < -0.4 is 5.73 Å². The molecule has 2 N–H and O–H groups in total. The highest BCUT2D eigenvalue weighted by molar-refractivity contribution is 5.64. The summed E-state index contributed by atoms with van der Waals surface area (Å²) in [5, 5.41) is 0. The predicted molar refractivity (Wildman–Crippen MR) is 59.0 cm³/mol. The monoisotopic (exact) mass is 246 g/mol. The Morgan fingerprint density at radius 3 is 2.59 bits per heavy atom. The summed E-state index contributed by atoms with van der Waals surface area (Å²) in [5.74, 6) is -0.159. The van der Waals surface area contributed by atoms with Crippen LogP contribution in [-0.2, 0) is 10.9 Å². The number of halogens is 3. The number of pyridine rings is 1. The average molecular weight is 246 g/mol. The summed E-state index contributed by atoms with van der Waals surface area (Å²) in [7, 11) is 0. The molecule has 0 unspecified atom stereocenters. The minimum absolute atomic E-state index is 0.159. The highest BCUT2D eigenvalue weighted by atomic mass is 19.4. The van der Waals surface area contributed by atoms with Crippen molar-refractivity contribution in [3.05, 3.63) is 29.1 Å². The van der Waals surface area contributed by atoms with Gasteiger partial charge in [-0.15, -0.1) is 0 Å². The molecule has 1 rings (SSSR count). The van der Waals surface area contributed by atoms with Gasteiger partial charge in [0.2, 0.25) is 0 Å². The molecular weight excluding hydrogens is 233 g/mol. The van der Waals surface area contributed by atoms with Crippen molar-refractivity contribution in [3.8, 4) is 0 Å². The molecule has 0 amide bonds. The smallest absolute Gasteiger partial charge is 0.433 e. The van der Waals surface area contributed by atoms with E-state index in [9.17, 15) is 13.2 Å². The zero-order valence-corrected chi connectivity index (χ0v) is 9.51. The molecule has 1 aromatic rings. The van der Waals surface area contributed by atoms with Gasteiger partial charge >= 0.3 is 6.18 Å². The molecule has 1 aromatic heterocycles. The molecule has 0 bridgehead atoms. The number of hydrogen-bond acceptors (Lipinski definition) is 3. The topological polar surface area (TPSA) is 48.1 Å². The lowest BCUT2D eigenvalue weighted by Crippen LogP contribution is -2.11. The van der Waals surface area contributed by atoms with Crippen molar-refractivity contribution < 1.29 is 17.9 Å². The number of nitrogens with two attached hydrogens (primary N) is 1. The third kappa shape index (κ3) is 3.37. The molecule has 6 heteroatoms. The number of nitrogens with zero attached hydrogens (tertiary/aromatic N) is 1. The maximum atomic E-state index is 12.4. The number of rotatable bonds is 3. The van der Waals surface area contributed by atoms with Gasteiger partial charge in [-0.3, -0.25) is 0 Å². The Hall–Kier alpha value is -1.72. The largest absolute Gasteiger partial charge is 0.501 e. The van der Waals surface area contributed by atoms with Crippen LogP contribution >= 0.6 is 0 Å². The standard InChI is InChI=1S/C11H13F3N2O/c1-3-17-5-4-8-7(2)6-9(11(12,13)14)16-10(8)15/h4-6H,3H2,1-2H3,(H2,15,16). The fraction of sp³-hybridized carbons (Fsp3) is 0.364. The summed E-state index contributed by atoms with van der Waals surface area (Å²) in [4.78, 5) is 3.33. The molecule has 0 aliphatic heterocycles. The van der Waals surface area contributed by atoms with Crippen LogP contribution in [0.25, 0.3) is 6.08 Å².